The van der Waals surface area contributed by atoms with Crippen LogP contribution in [-0.4, -0.2) is 48.8 Å². The van der Waals surface area contributed by atoms with E-state index in [9.17, 15) is 9.90 Å². The Morgan fingerprint density at radius 2 is 2.09 bits per heavy atom. The first kappa shape index (κ1) is 17.8. The second kappa shape index (κ2) is 8.31. The van der Waals surface area contributed by atoms with Gasteiger partial charge in [-0.2, -0.15) is 0 Å². The Balaban J connectivity index is 1.73. The molecule has 0 aromatic heterocycles. The third kappa shape index (κ3) is 5.52. The van der Waals surface area contributed by atoms with E-state index in [4.69, 9.17) is 0 Å². The highest BCUT2D eigenvalue weighted by atomic mass is 16.3. The molecule has 1 heterocycles. The van der Waals surface area contributed by atoms with Gasteiger partial charge in [0, 0.05) is 13.1 Å². The Labute approximate surface area is 139 Å². The Kier molecular flexibility index (Phi) is 6.42. The Morgan fingerprint density at radius 1 is 1.35 bits per heavy atom. The number of hydrogen-bond acceptors (Lipinski definition) is 3. The molecule has 1 fully saturated rings. The highest BCUT2D eigenvalue weighted by molar-refractivity contribution is 5.73. The molecule has 1 aliphatic rings. The predicted molar refractivity (Wildman–Crippen MR) is 92.3 cm³/mol. The molecule has 0 aliphatic carbocycles. The van der Waals surface area contributed by atoms with Crippen molar-refractivity contribution in [2.45, 2.75) is 32.3 Å². The van der Waals surface area contributed by atoms with E-state index in [1.807, 2.05) is 30.3 Å². The van der Waals surface area contributed by atoms with Crippen molar-refractivity contribution in [3.8, 4) is 0 Å². The van der Waals surface area contributed by atoms with Gasteiger partial charge in [0.15, 0.2) is 0 Å². The third-order valence-corrected chi connectivity index (χ3v) is 4.59. The number of piperidine rings is 1. The molecular weight excluding hydrogens is 290 g/mol. The van der Waals surface area contributed by atoms with Crippen LogP contribution in [0, 0.1) is 5.92 Å². The topological polar surface area (TPSA) is 64.6 Å². The molecule has 0 radical (unpaired) electrons. The van der Waals surface area contributed by atoms with E-state index in [0.717, 1.165) is 18.7 Å². The van der Waals surface area contributed by atoms with E-state index >= 15 is 0 Å². The monoisotopic (exact) mass is 319 g/mol. The van der Waals surface area contributed by atoms with Gasteiger partial charge in [-0.15, -0.1) is 0 Å². The molecule has 128 valence electrons. The average Bonchev–Trinajstić information content (AvgIpc) is 2.59. The molecular formula is C18H29N3O2. The number of aliphatic hydroxyl groups is 1. The van der Waals surface area contributed by atoms with E-state index in [1.54, 1.807) is 6.92 Å². The molecule has 23 heavy (non-hydrogen) atoms. The molecule has 2 rings (SSSR count). The molecule has 2 atom stereocenters. The maximum absolute atomic E-state index is 12.0. The highest BCUT2D eigenvalue weighted by Crippen LogP contribution is 2.19. The average molecular weight is 319 g/mol. The number of benzene rings is 1. The number of carbonyl (C=O) groups excluding carboxylic acids is 1. The molecule has 0 spiro atoms. The molecule has 1 aromatic rings. The van der Waals surface area contributed by atoms with Crippen molar-refractivity contribution in [3.05, 3.63) is 35.9 Å². The van der Waals surface area contributed by atoms with Gasteiger partial charge < -0.3 is 20.6 Å². The molecule has 0 saturated carbocycles. The Morgan fingerprint density at radius 3 is 2.78 bits per heavy atom. The summed E-state index contributed by atoms with van der Waals surface area (Å²) in [5, 5.41) is 16.2. The maximum Gasteiger partial charge on any atom is 0.314 e. The number of rotatable bonds is 6. The highest BCUT2D eigenvalue weighted by Gasteiger charge is 2.24. The number of amides is 2. The van der Waals surface area contributed by atoms with Crippen LogP contribution in [0.4, 0.5) is 4.79 Å². The molecule has 1 saturated heterocycles. The number of hydrogen-bond donors (Lipinski definition) is 3. The molecule has 5 heteroatoms. The first-order valence-electron chi connectivity index (χ1n) is 8.53. The van der Waals surface area contributed by atoms with E-state index in [0.29, 0.717) is 12.5 Å². The lowest BCUT2D eigenvalue weighted by Gasteiger charge is -2.32. The standard InChI is InChI=1S/C18H29N3O2/c1-3-21-11-7-8-15(13-21)12-19-17(22)20-14-18(2,23)16-9-5-4-6-10-16/h4-6,9-10,15,23H,3,7-8,11-14H2,1-2H3,(H2,19,20,22). The lowest BCUT2D eigenvalue weighted by molar-refractivity contribution is 0.0593. The first-order chi connectivity index (χ1) is 11.0. The van der Waals surface area contributed by atoms with Crippen LogP contribution in [0.15, 0.2) is 30.3 Å². The van der Waals surface area contributed by atoms with Crippen LogP contribution in [0.3, 0.4) is 0 Å². The fraction of sp³-hybridized carbons (Fsp3) is 0.611. The van der Waals surface area contributed by atoms with Crippen molar-refractivity contribution in [3.63, 3.8) is 0 Å². The fourth-order valence-corrected chi connectivity index (χ4v) is 3.06. The Hall–Kier alpha value is -1.59. The van der Waals surface area contributed by atoms with Gasteiger partial charge >= 0.3 is 6.03 Å². The van der Waals surface area contributed by atoms with Crippen molar-refractivity contribution in [1.29, 1.82) is 0 Å². The summed E-state index contributed by atoms with van der Waals surface area (Å²) in [5.41, 5.74) is -0.270. The molecule has 2 unspecified atom stereocenters. The molecule has 2 amide bonds. The van der Waals surface area contributed by atoms with Gasteiger partial charge in [-0.25, -0.2) is 4.79 Å². The van der Waals surface area contributed by atoms with E-state index < -0.39 is 5.60 Å². The van der Waals surface area contributed by atoms with Crippen LogP contribution < -0.4 is 10.6 Å². The summed E-state index contributed by atoms with van der Waals surface area (Å²) in [7, 11) is 0. The molecule has 1 aliphatic heterocycles. The summed E-state index contributed by atoms with van der Waals surface area (Å²) in [6.07, 6.45) is 2.36. The van der Waals surface area contributed by atoms with Gasteiger partial charge in [0.2, 0.25) is 0 Å². The number of carbonyl (C=O) groups is 1. The maximum atomic E-state index is 12.0. The summed E-state index contributed by atoms with van der Waals surface area (Å²) in [4.78, 5) is 14.4. The Bertz CT molecular complexity index is 490. The zero-order valence-electron chi connectivity index (χ0n) is 14.2. The lowest BCUT2D eigenvalue weighted by atomic mass is 9.96. The van der Waals surface area contributed by atoms with Crippen molar-refractivity contribution in [2.75, 3.05) is 32.7 Å². The molecule has 5 nitrogen and oxygen atoms in total. The van der Waals surface area contributed by atoms with Crippen molar-refractivity contribution in [1.82, 2.24) is 15.5 Å². The zero-order valence-corrected chi connectivity index (χ0v) is 14.2. The van der Waals surface area contributed by atoms with Crippen LogP contribution in [0.25, 0.3) is 0 Å². The van der Waals surface area contributed by atoms with Gasteiger partial charge in [-0.05, 0) is 44.3 Å². The summed E-state index contributed by atoms with van der Waals surface area (Å²) < 4.78 is 0. The van der Waals surface area contributed by atoms with Crippen LogP contribution >= 0.6 is 0 Å². The lowest BCUT2D eigenvalue weighted by Crippen LogP contribution is -2.46. The van der Waals surface area contributed by atoms with Crippen molar-refractivity contribution >= 4 is 6.03 Å². The van der Waals surface area contributed by atoms with Gasteiger partial charge in [0.05, 0.1) is 6.54 Å². The minimum atomic E-state index is -1.07. The quantitative estimate of drug-likeness (QED) is 0.751. The van der Waals surface area contributed by atoms with Gasteiger partial charge in [-0.3, -0.25) is 0 Å². The second-order valence-corrected chi connectivity index (χ2v) is 6.60. The van der Waals surface area contributed by atoms with Crippen LogP contribution in [0.5, 0.6) is 0 Å². The van der Waals surface area contributed by atoms with Crippen LogP contribution in [0.1, 0.15) is 32.3 Å². The number of nitrogens with zero attached hydrogens (tertiary/aromatic N) is 1. The first-order valence-corrected chi connectivity index (χ1v) is 8.53. The molecule has 1 aromatic carbocycles. The fourth-order valence-electron chi connectivity index (χ4n) is 3.06. The number of urea groups is 1. The number of likely N-dealkylation sites (tertiary alicyclic amines) is 1. The normalized spacial score (nSPS) is 21.4. The van der Waals surface area contributed by atoms with Gasteiger partial charge in [-0.1, -0.05) is 37.3 Å². The largest absolute Gasteiger partial charge is 0.384 e. The smallest absolute Gasteiger partial charge is 0.314 e. The van der Waals surface area contributed by atoms with Crippen LogP contribution in [-0.2, 0) is 5.60 Å². The summed E-state index contributed by atoms with van der Waals surface area (Å²) in [5.74, 6) is 0.518. The van der Waals surface area contributed by atoms with E-state index in [1.165, 1.54) is 19.4 Å². The van der Waals surface area contributed by atoms with Crippen molar-refractivity contribution < 1.29 is 9.90 Å². The number of nitrogens with one attached hydrogen (secondary N) is 2. The van der Waals surface area contributed by atoms with Gasteiger partial charge in [0.25, 0.3) is 0 Å². The van der Waals surface area contributed by atoms with Crippen molar-refractivity contribution in [2.24, 2.45) is 5.92 Å². The summed E-state index contributed by atoms with van der Waals surface area (Å²) >= 11 is 0. The summed E-state index contributed by atoms with van der Waals surface area (Å²) in [6, 6.07) is 9.18. The molecule has 3 N–H and O–H groups in total. The van der Waals surface area contributed by atoms with Gasteiger partial charge in [0.1, 0.15) is 5.60 Å². The second-order valence-electron chi connectivity index (χ2n) is 6.60. The molecule has 0 bridgehead atoms. The zero-order chi connectivity index (χ0) is 16.7. The van der Waals surface area contributed by atoms with E-state index in [2.05, 4.69) is 22.5 Å². The van der Waals surface area contributed by atoms with Crippen LogP contribution in [0.2, 0.25) is 0 Å². The summed E-state index contributed by atoms with van der Waals surface area (Å²) in [6.45, 7) is 8.06. The van der Waals surface area contributed by atoms with E-state index in [-0.39, 0.29) is 12.6 Å². The minimum Gasteiger partial charge on any atom is -0.384 e. The SMILES string of the molecule is CCN1CCCC(CNC(=O)NCC(C)(O)c2ccccc2)C1. The predicted octanol–water partition coefficient (Wildman–Crippen LogP) is 1.93. The minimum absolute atomic E-state index is 0.189. The third-order valence-electron chi connectivity index (χ3n) is 4.59.